The van der Waals surface area contributed by atoms with Gasteiger partial charge in [0.25, 0.3) is 0 Å². The quantitative estimate of drug-likeness (QED) is 0.0429. The van der Waals surface area contributed by atoms with Crippen molar-refractivity contribution in [2.24, 2.45) is 0 Å². The highest BCUT2D eigenvalue weighted by atomic mass is 16.3. The summed E-state index contributed by atoms with van der Waals surface area (Å²) in [5.41, 5.74) is 0. The summed E-state index contributed by atoms with van der Waals surface area (Å²) >= 11 is 0. The number of allylic oxidation sites excluding steroid dienone is 2. The molecule has 0 aromatic rings. The lowest BCUT2D eigenvalue weighted by atomic mass is 10.0. The van der Waals surface area contributed by atoms with Gasteiger partial charge in [0.15, 0.2) is 0 Å². The maximum atomic E-state index is 12.4. The second-order valence-electron chi connectivity index (χ2n) is 16.9. The molecule has 4 heteroatoms. The van der Waals surface area contributed by atoms with Crippen LogP contribution in [0.25, 0.3) is 0 Å². The molecule has 0 aromatic heterocycles. The van der Waals surface area contributed by atoms with Gasteiger partial charge in [-0.2, -0.15) is 0 Å². The molecule has 316 valence electrons. The summed E-state index contributed by atoms with van der Waals surface area (Å²) in [6.07, 6.45) is 57.3. The minimum Gasteiger partial charge on any atom is -0.394 e. The molecule has 3 N–H and O–H groups in total. The van der Waals surface area contributed by atoms with Gasteiger partial charge in [0.05, 0.1) is 18.8 Å². The van der Waals surface area contributed by atoms with Gasteiger partial charge in [-0.1, -0.05) is 244 Å². The van der Waals surface area contributed by atoms with E-state index < -0.39 is 12.1 Å². The Morgan fingerprint density at radius 1 is 0.434 bits per heavy atom. The van der Waals surface area contributed by atoms with Crippen molar-refractivity contribution in [3.05, 3.63) is 12.2 Å². The smallest absolute Gasteiger partial charge is 0.220 e. The normalized spacial score (nSPS) is 12.9. The van der Waals surface area contributed by atoms with Crippen LogP contribution in [0.3, 0.4) is 0 Å². The predicted octanol–water partition coefficient (Wildman–Crippen LogP) is 15.4. The van der Waals surface area contributed by atoms with Gasteiger partial charge < -0.3 is 15.5 Å². The second-order valence-corrected chi connectivity index (χ2v) is 16.9. The van der Waals surface area contributed by atoms with Crippen LogP contribution >= 0.6 is 0 Å². The molecule has 0 spiro atoms. The van der Waals surface area contributed by atoms with Crippen molar-refractivity contribution in [2.75, 3.05) is 6.61 Å². The molecule has 0 aliphatic rings. The maximum Gasteiger partial charge on any atom is 0.220 e. The fourth-order valence-corrected chi connectivity index (χ4v) is 7.77. The number of rotatable bonds is 45. The molecule has 0 saturated heterocycles. The van der Waals surface area contributed by atoms with Crippen LogP contribution in [0.2, 0.25) is 0 Å². The van der Waals surface area contributed by atoms with Crippen LogP contribution in [0.5, 0.6) is 0 Å². The fraction of sp³-hybridized carbons (Fsp3) is 0.939. The van der Waals surface area contributed by atoms with E-state index in [4.69, 9.17) is 0 Å². The van der Waals surface area contributed by atoms with E-state index in [1.807, 2.05) is 0 Å². The Morgan fingerprint density at radius 3 is 1.04 bits per heavy atom. The van der Waals surface area contributed by atoms with Gasteiger partial charge in [0.2, 0.25) is 5.91 Å². The molecule has 0 fully saturated rings. The molecular weight excluding hydrogens is 651 g/mol. The third-order valence-electron chi connectivity index (χ3n) is 11.5. The third kappa shape index (κ3) is 42.1. The SMILES string of the molecule is CCCCCCCCCCCCC/C=C\CCCCCCCCCC(=O)NC(CO)C(O)CCCCCCCCCCCCCCCCCCCCC. The van der Waals surface area contributed by atoms with E-state index in [0.717, 1.165) is 25.7 Å². The lowest BCUT2D eigenvalue weighted by Crippen LogP contribution is -2.45. The van der Waals surface area contributed by atoms with E-state index in [9.17, 15) is 15.0 Å². The predicted molar refractivity (Wildman–Crippen MR) is 235 cm³/mol. The Bertz CT molecular complexity index is 725. The summed E-state index contributed by atoms with van der Waals surface area (Å²) in [7, 11) is 0. The summed E-state index contributed by atoms with van der Waals surface area (Å²) in [6, 6.07) is -0.535. The average molecular weight is 748 g/mol. The molecule has 4 nitrogen and oxygen atoms in total. The number of hydrogen-bond acceptors (Lipinski definition) is 3. The van der Waals surface area contributed by atoms with Crippen molar-refractivity contribution in [3.63, 3.8) is 0 Å². The summed E-state index contributed by atoms with van der Waals surface area (Å²) in [6.45, 7) is 4.39. The van der Waals surface area contributed by atoms with Crippen LogP contribution in [0.4, 0.5) is 0 Å². The van der Waals surface area contributed by atoms with Crippen LogP contribution in [0.15, 0.2) is 12.2 Å². The van der Waals surface area contributed by atoms with Gasteiger partial charge in [-0.05, 0) is 38.5 Å². The topological polar surface area (TPSA) is 69.6 Å². The largest absolute Gasteiger partial charge is 0.394 e. The molecule has 0 saturated carbocycles. The van der Waals surface area contributed by atoms with Gasteiger partial charge in [0, 0.05) is 6.42 Å². The number of aliphatic hydroxyl groups excluding tert-OH is 2. The number of carbonyl (C=O) groups is 1. The van der Waals surface area contributed by atoms with E-state index in [1.54, 1.807) is 0 Å². The standard InChI is InChI=1S/C49H97NO3/c1-3-5-7-9-11-13-15-17-19-21-23-24-25-27-29-31-33-35-37-39-41-43-45-49(53)50-47(46-51)48(52)44-42-40-38-36-34-32-30-28-26-22-20-18-16-14-12-10-8-6-4-2/h25,27,47-48,51-52H,3-24,26,28-46H2,1-2H3,(H,50,53)/b27-25-. The van der Waals surface area contributed by atoms with Gasteiger partial charge in [0.1, 0.15) is 0 Å². The molecular formula is C49H97NO3. The van der Waals surface area contributed by atoms with Crippen LogP contribution in [-0.2, 0) is 4.79 Å². The van der Waals surface area contributed by atoms with Gasteiger partial charge in [-0.25, -0.2) is 0 Å². The molecule has 1 amide bonds. The zero-order valence-corrected chi connectivity index (χ0v) is 36.3. The average Bonchev–Trinajstić information content (AvgIpc) is 3.16. The molecule has 0 rings (SSSR count). The molecule has 53 heavy (non-hydrogen) atoms. The van der Waals surface area contributed by atoms with Crippen molar-refractivity contribution in [1.29, 1.82) is 0 Å². The molecule has 2 unspecified atom stereocenters. The number of carbonyl (C=O) groups excluding carboxylic acids is 1. The van der Waals surface area contributed by atoms with E-state index in [0.29, 0.717) is 12.8 Å². The number of aliphatic hydroxyl groups is 2. The number of amides is 1. The maximum absolute atomic E-state index is 12.4. The van der Waals surface area contributed by atoms with Crippen molar-refractivity contribution < 1.29 is 15.0 Å². The zero-order chi connectivity index (χ0) is 38.6. The van der Waals surface area contributed by atoms with E-state index in [-0.39, 0.29) is 12.5 Å². The number of nitrogens with one attached hydrogen (secondary N) is 1. The first-order chi connectivity index (χ1) is 26.2. The second kappa shape index (κ2) is 45.5. The number of unbranched alkanes of at least 4 members (excludes halogenated alkanes) is 36. The molecule has 0 heterocycles. The monoisotopic (exact) mass is 748 g/mol. The van der Waals surface area contributed by atoms with Crippen LogP contribution in [-0.4, -0.2) is 34.9 Å². The highest BCUT2D eigenvalue weighted by Crippen LogP contribution is 2.17. The van der Waals surface area contributed by atoms with E-state index in [1.165, 1.54) is 225 Å². The van der Waals surface area contributed by atoms with Crippen LogP contribution in [0.1, 0.15) is 277 Å². The first kappa shape index (κ1) is 52.1. The van der Waals surface area contributed by atoms with Gasteiger partial charge in [-0.15, -0.1) is 0 Å². The molecule has 2 atom stereocenters. The summed E-state index contributed by atoms with van der Waals surface area (Å²) in [4.78, 5) is 12.4. The minimum atomic E-state index is -0.658. The first-order valence-electron chi connectivity index (χ1n) is 24.4. The Morgan fingerprint density at radius 2 is 0.717 bits per heavy atom. The van der Waals surface area contributed by atoms with E-state index >= 15 is 0 Å². The summed E-state index contributed by atoms with van der Waals surface area (Å²) in [5.74, 6) is -0.0313. The highest BCUT2D eigenvalue weighted by molar-refractivity contribution is 5.76. The van der Waals surface area contributed by atoms with Crippen molar-refractivity contribution in [3.8, 4) is 0 Å². The molecule has 0 bridgehead atoms. The third-order valence-corrected chi connectivity index (χ3v) is 11.5. The van der Waals surface area contributed by atoms with Gasteiger partial charge in [-0.3, -0.25) is 4.79 Å². The van der Waals surface area contributed by atoms with E-state index in [2.05, 4.69) is 31.3 Å². The summed E-state index contributed by atoms with van der Waals surface area (Å²) in [5, 5.41) is 23.2. The molecule has 0 aliphatic heterocycles. The molecule has 0 radical (unpaired) electrons. The lowest BCUT2D eigenvalue weighted by Gasteiger charge is -2.22. The Kier molecular flexibility index (Phi) is 44.8. The van der Waals surface area contributed by atoms with Gasteiger partial charge >= 0.3 is 0 Å². The highest BCUT2D eigenvalue weighted by Gasteiger charge is 2.20. The minimum absolute atomic E-state index is 0.0313. The van der Waals surface area contributed by atoms with Crippen molar-refractivity contribution >= 4 is 5.91 Å². The fourth-order valence-electron chi connectivity index (χ4n) is 7.77. The Hall–Kier alpha value is -0.870. The molecule has 0 aliphatic carbocycles. The van der Waals surface area contributed by atoms with Crippen molar-refractivity contribution in [1.82, 2.24) is 5.32 Å². The van der Waals surface area contributed by atoms with Crippen LogP contribution in [0, 0.1) is 0 Å². The number of hydrogen-bond donors (Lipinski definition) is 3. The van der Waals surface area contributed by atoms with Crippen LogP contribution < -0.4 is 5.32 Å². The lowest BCUT2D eigenvalue weighted by molar-refractivity contribution is -0.123. The Balaban J connectivity index is 3.47. The molecule has 0 aromatic carbocycles. The Labute approximate surface area is 333 Å². The zero-order valence-electron chi connectivity index (χ0n) is 36.3. The van der Waals surface area contributed by atoms with Crippen molar-refractivity contribution in [2.45, 2.75) is 289 Å². The summed E-state index contributed by atoms with van der Waals surface area (Å²) < 4.78 is 0. The first-order valence-corrected chi connectivity index (χ1v) is 24.4.